The normalized spacial score (nSPS) is 11.4. The maximum absolute atomic E-state index is 6.38. The summed E-state index contributed by atoms with van der Waals surface area (Å²) in [6.07, 6.45) is 0. The summed E-state index contributed by atoms with van der Waals surface area (Å²) in [6, 6.07) is 65.3. The standard InChI is InChI=1S/C49H31N3O/c1-3-11-32(12-4-1)40-27-28-44-43(31-40)46-42(19-10-20-45(46)53-44)49-51-47(36-14-5-2-6-15-36)50-48(52-49)41-18-9-17-38(30-41)34-21-23-35(24-22-34)39-26-25-33-13-7-8-16-37(33)29-39/h1-31H. The van der Waals surface area contributed by atoms with Crippen LogP contribution in [0.25, 0.3) is 100 Å². The molecule has 4 nitrogen and oxygen atoms in total. The fraction of sp³-hybridized carbons (Fsp3) is 0. The molecule has 0 unspecified atom stereocenters. The number of benzene rings is 8. The third-order valence-corrected chi connectivity index (χ3v) is 9.93. The predicted molar refractivity (Wildman–Crippen MR) is 217 cm³/mol. The van der Waals surface area contributed by atoms with Gasteiger partial charge in [-0.2, -0.15) is 0 Å². The maximum atomic E-state index is 6.38. The Morgan fingerprint density at radius 2 is 0.830 bits per heavy atom. The number of rotatable bonds is 6. The summed E-state index contributed by atoms with van der Waals surface area (Å²) in [5.41, 5.74) is 11.2. The molecule has 0 aliphatic heterocycles. The Morgan fingerprint density at radius 1 is 0.302 bits per heavy atom. The van der Waals surface area contributed by atoms with E-state index in [9.17, 15) is 0 Å². The zero-order valence-corrected chi connectivity index (χ0v) is 28.6. The van der Waals surface area contributed by atoms with E-state index in [-0.39, 0.29) is 0 Å². The summed E-state index contributed by atoms with van der Waals surface area (Å²) < 4.78 is 6.38. The Kier molecular flexibility index (Phi) is 7.43. The molecule has 2 aromatic heterocycles. The van der Waals surface area contributed by atoms with Crippen LogP contribution in [-0.2, 0) is 0 Å². The maximum Gasteiger partial charge on any atom is 0.164 e. The van der Waals surface area contributed by atoms with Crippen molar-refractivity contribution in [1.82, 2.24) is 15.0 Å². The molecule has 8 aromatic carbocycles. The lowest BCUT2D eigenvalue weighted by Gasteiger charge is -2.11. The highest BCUT2D eigenvalue weighted by molar-refractivity contribution is 6.12. The lowest BCUT2D eigenvalue weighted by atomic mass is 9.97. The highest BCUT2D eigenvalue weighted by Crippen LogP contribution is 2.39. The molecule has 0 spiro atoms. The van der Waals surface area contributed by atoms with Crippen molar-refractivity contribution in [2.24, 2.45) is 0 Å². The fourth-order valence-corrected chi connectivity index (χ4v) is 7.23. The Balaban J connectivity index is 1.08. The Labute approximate surface area is 306 Å². The number of fused-ring (bicyclic) bond motifs is 4. The van der Waals surface area contributed by atoms with Gasteiger partial charge in [-0.15, -0.1) is 0 Å². The third kappa shape index (κ3) is 5.73. The Bertz CT molecular complexity index is 2930. The monoisotopic (exact) mass is 677 g/mol. The SMILES string of the molecule is c1ccc(-c2ccc3oc4cccc(-c5nc(-c6ccccc6)nc(-c6cccc(-c7ccc(-c8ccc9ccccc9c8)cc7)c6)n5)c4c3c2)cc1. The Morgan fingerprint density at radius 3 is 1.60 bits per heavy atom. The van der Waals surface area contributed by atoms with Crippen molar-refractivity contribution in [2.45, 2.75) is 0 Å². The number of aromatic nitrogens is 3. The van der Waals surface area contributed by atoms with E-state index in [1.165, 1.54) is 21.9 Å². The summed E-state index contributed by atoms with van der Waals surface area (Å²) in [7, 11) is 0. The molecule has 10 aromatic rings. The topological polar surface area (TPSA) is 51.8 Å². The third-order valence-electron chi connectivity index (χ3n) is 9.93. The van der Waals surface area contributed by atoms with Crippen LogP contribution in [0, 0.1) is 0 Å². The summed E-state index contributed by atoms with van der Waals surface area (Å²) in [4.78, 5) is 15.3. The summed E-state index contributed by atoms with van der Waals surface area (Å²) >= 11 is 0. The molecule has 248 valence electrons. The van der Waals surface area contributed by atoms with E-state index in [2.05, 4.69) is 140 Å². The average Bonchev–Trinajstić information content (AvgIpc) is 3.62. The molecule has 0 amide bonds. The van der Waals surface area contributed by atoms with Crippen LogP contribution in [0.15, 0.2) is 192 Å². The average molecular weight is 678 g/mol. The summed E-state index contributed by atoms with van der Waals surface area (Å²) in [5, 5.41) is 4.49. The van der Waals surface area contributed by atoms with Crippen molar-refractivity contribution in [3.8, 4) is 67.5 Å². The van der Waals surface area contributed by atoms with Crippen LogP contribution >= 0.6 is 0 Å². The van der Waals surface area contributed by atoms with E-state index in [4.69, 9.17) is 19.4 Å². The van der Waals surface area contributed by atoms with E-state index in [1.54, 1.807) is 0 Å². The van der Waals surface area contributed by atoms with Gasteiger partial charge in [0.15, 0.2) is 17.5 Å². The van der Waals surface area contributed by atoms with Gasteiger partial charge in [-0.05, 0) is 74.5 Å². The van der Waals surface area contributed by atoms with Gasteiger partial charge >= 0.3 is 0 Å². The van der Waals surface area contributed by atoms with Gasteiger partial charge in [0.1, 0.15) is 11.2 Å². The van der Waals surface area contributed by atoms with Gasteiger partial charge in [0.05, 0.1) is 0 Å². The first kappa shape index (κ1) is 30.6. The van der Waals surface area contributed by atoms with E-state index in [1.807, 2.05) is 48.5 Å². The van der Waals surface area contributed by atoms with Gasteiger partial charge in [-0.3, -0.25) is 0 Å². The summed E-state index contributed by atoms with van der Waals surface area (Å²) in [5.74, 6) is 1.82. The molecule has 0 aliphatic rings. The number of furan rings is 1. The summed E-state index contributed by atoms with van der Waals surface area (Å²) in [6.45, 7) is 0. The smallest absolute Gasteiger partial charge is 0.164 e. The lowest BCUT2D eigenvalue weighted by molar-refractivity contribution is 0.669. The highest BCUT2D eigenvalue weighted by atomic mass is 16.3. The minimum atomic E-state index is 0.595. The molecule has 53 heavy (non-hydrogen) atoms. The second kappa shape index (κ2) is 12.9. The fourth-order valence-electron chi connectivity index (χ4n) is 7.23. The molecule has 4 heteroatoms. The second-order valence-corrected chi connectivity index (χ2v) is 13.3. The molecular weight excluding hydrogens is 647 g/mol. The van der Waals surface area contributed by atoms with E-state index in [0.717, 1.165) is 60.9 Å². The van der Waals surface area contributed by atoms with Crippen molar-refractivity contribution in [2.75, 3.05) is 0 Å². The van der Waals surface area contributed by atoms with Crippen LogP contribution in [0.1, 0.15) is 0 Å². The van der Waals surface area contributed by atoms with Crippen LogP contribution in [0.3, 0.4) is 0 Å². The molecule has 0 bridgehead atoms. The van der Waals surface area contributed by atoms with Crippen molar-refractivity contribution in [3.05, 3.63) is 188 Å². The molecule has 0 fully saturated rings. The highest BCUT2D eigenvalue weighted by Gasteiger charge is 2.18. The molecule has 0 radical (unpaired) electrons. The molecule has 0 atom stereocenters. The number of nitrogens with zero attached hydrogens (tertiary/aromatic N) is 3. The minimum absolute atomic E-state index is 0.595. The van der Waals surface area contributed by atoms with Gasteiger partial charge in [-0.25, -0.2) is 15.0 Å². The number of hydrogen-bond acceptors (Lipinski definition) is 4. The molecule has 2 heterocycles. The van der Waals surface area contributed by atoms with E-state index in [0.29, 0.717) is 17.5 Å². The van der Waals surface area contributed by atoms with Crippen LogP contribution in [0.2, 0.25) is 0 Å². The largest absolute Gasteiger partial charge is 0.456 e. The quantitative estimate of drug-likeness (QED) is 0.176. The zero-order chi connectivity index (χ0) is 35.1. The van der Waals surface area contributed by atoms with Gasteiger partial charge in [0.25, 0.3) is 0 Å². The van der Waals surface area contributed by atoms with Gasteiger partial charge in [-0.1, -0.05) is 158 Å². The molecule has 10 rings (SSSR count). The van der Waals surface area contributed by atoms with E-state index < -0.39 is 0 Å². The molecule has 0 saturated carbocycles. The van der Waals surface area contributed by atoms with Crippen LogP contribution in [-0.4, -0.2) is 15.0 Å². The second-order valence-electron chi connectivity index (χ2n) is 13.3. The van der Waals surface area contributed by atoms with Gasteiger partial charge in [0, 0.05) is 27.5 Å². The molecular formula is C49H31N3O. The lowest BCUT2D eigenvalue weighted by Crippen LogP contribution is -2.00. The molecule has 0 aliphatic carbocycles. The van der Waals surface area contributed by atoms with Crippen molar-refractivity contribution in [1.29, 1.82) is 0 Å². The molecule has 0 saturated heterocycles. The molecule has 0 N–H and O–H groups in total. The first-order valence-corrected chi connectivity index (χ1v) is 17.8. The number of hydrogen-bond donors (Lipinski definition) is 0. The minimum Gasteiger partial charge on any atom is -0.456 e. The van der Waals surface area contributed by atoms with Crippen molar-refractivity contribution < 1.29 is 4.42 Å². The van der Waals surface area contributed by atoms with Crippen molar-refractivity contribution in [3.63, 3.8) is 0 Å². The predicted octanol–water partition coefficient (Wildman–Crippen LogP) is 12.9. The van der Waals surface area contributed by atoms with Crippen LogP contribution < -0.4 is 0 Å². The van der Waals surface area contributed by atoms with Crippen LogP contribution in [0.5, 0.6) is 0 Å². The van der Waals surface area contributed by atoms with Crippen molar-refractivity contribution >= 4 is 32.7 Å². The van der Waals surface area contributed by atoms with E-state index >= 15 is 0 Å². The van der Waals surface area contributed by atoms with Crippen LogP contribution in [0.4, 0.5) is 0 Å². The van der Waals surface area contributed by atoms with Gasteiger partial charge in [0.2, 0.25) is 0 Å². The Hall–Kier alpha value is -7.17. The van der Waals surface area contributed by atoms with Gasteiger partial charge < -0.3 is 4.42 Å². The first-order valence-electron chi connectivity index (χ1n) is 17.8. The first-order chi connectivity index (χ1) is 26.2. The zero-order valence-electron chi connectivity index (χ0n) is 28.6.